The van der Waals surface area contributed by atoms with Gasteiger partial charge in [0, 0.05) is 49.2 Å². The highest BCUT2D eigenvalue weighted by Crippen LogP contribution is 2.29. The van der Waals surface area contributed by atoms with Gasteiger partial charge in [0.2, 0.25) is 0 Å². The Hall–Kier alpha value is -3.58. The number of rotatable bonds is 9. The molecule has 3 N–H and O–H groups in total. The Morgan fingerprint density at radius 2 is 2.18 bits per heavy atom. The number of nitrogens with zero attached hydrogens (tertiary/aromatic N) is 4. The molecule has 0 fully saturated rings. The molecule has 0 spiro atoms. The third kappa shape index (κ3) is 4.78. The fourth-order valence-electron chi connectivity index (χ4n) is 4.00. The van der Waals surface area contributed by atoms with E-state index < -0.39 is 0 Å². The molecule has 1 aromatic carbocycles. The number of carbonyl (C=O) groups excluding carboxylic acids is 1. The van der Waals surface area contributed by atoms with Gasteiger partial charge in [-0.1, -0.05) is 6.07 Å². The van der Waals surface area contributed by atoms with Gasteiger partial charge >= 0.3 is 5.97 Å². The van der Waals surface area contributed by atoms with E-state index in [-0.39, 0.29) is 18.6 Å². The lowest BCUT2D eigenvalue weighted by atomic mass is 9.94. The molecule has 3 aromatic rings. The lowest BCUT2D eigenvalue weighted by molar-refractivity contribution is 0.0535. The Morgan fingerprint density at radius 3 is 2.94 bits per heavy atom. The number of nitrogens with one attached hydrogen (secondary N) is 2. The van der Waals surface area contributed by atoms with E-state index in [0.29, 0.717) is 43.2 Å². The molecule has 9 heteroatoms. The number of hydrogen-bond acceptors (Lipinski definition) is 8. The number of aromatic nitrogens is 3. The Kier molecular flexibility index (Phi) is 6.79. The SMILES string of the molecule is Cc1cc(-n2cc(CNC[C@H](NCCO)c3ccc4c(c3C)COC4=O)cn2)ncc1C#N. The molecule has 0 radical (unpaired) electrons. The van der Waals surface area contributed by atoms with Gasteiger partial charge in [-0.25, -0.2) is 14.5 Å². The fourth-order valence-corrected chi connectivity index (χ4v) is 4.00. The van der Waals surface area contributed by atoms with E-state index in [4.69, 9.17) is 10.00 Å². The van der Waals surface area contributed by atoms with Crippen molar-refractivity contribution in [2.75, 3.05) is 19.7 Å². The zero-order chi connectivity index (χ0) is 23.4. The van der Waals surface area contributed by atoms with Crippen LogP contribution in [0.2, 0.25) is 0 Å². The van der Waals surface area contributed by atoms with Crippen molar-refractivity contribution in [3.8, 4) is 11.9 Å². The van der Waals surface area contributed by atoms with Crippen LogP contribution in [-0.4, -0.2) is 45.5 Å². The molecular weight excluding hydrogens is 420 g/mol. The molecule has 0 aliphatic carbocycles. The van der Waals surface area contributed by atoms with Crippen molar-refractivity contribution < 1.29 is 14.6 Å². The highest BCUT2D eigenvalue weighted by molar-refractivity contribution is 5.94. The van der Waals surface area contributed by atoms with E-state index in [1.807, 2.05) is 38.2 Å². The first-order valence-corrected chi connectivity index (χ1v) is 10.8. The summed E-state index contributed by atoms with van der Waals surface area (Å²) in [4.78, 5) is 16.2. The largest absolute Gasteiger partial charge is 0.457 e. The summed E-state index contributed by atoms with van der Waals surface area (Å²) in [5.41, 5.74) is 6.05. The standard InChI is InChI=1S/C24H26N6O3/c1-15-7-23(28-11-18(15)8-25)30-13-17(10-29-30)9-26-12-22(27-5-6-31)19-3-4-20-21(16(19)2)14-33-24(20)32/h3-4,7,10-11,13,22,26-27,31H,5-6,9,12,14H2,1-2H3/t22-/m0/s1. The predicted octanol–water partition coefficient (Wildman–Crippen LogP) is 1.84. The number of aliphatic hydroxyl groups excluding tert-OH is 1. The molecule has 1 atom stereocenters. The van der Waals surface area contributed by atoms with Gasteiger partial charge in [0.05, 0.1) is 23.9 Å². The normalized spacial score (nSPS) is 13.5. The van der Waals surface area contributed by atoms with Gasteiger partial charge < -0.3 is 20.5 Å². The highest BCUT2D eigenvalue weighted by atomic mass is 16.5. The van der Waals surface area contributed by atoms with Crippen LogP contribution in [-0.2, 0) is 17.9 Å². The van der Waals surface area contributed by atoms with Crippen molar-refractivity contribution >= 4 is 5.97 Å². The maximum Gasteiger partial charge on any atom is 0.338 e. The van der Waals surface area contributed by atoms with Crippen LogP contribution in [0.25, 0.3) is 5.82 Å². The van der Waals surface area contributed by atoms with Gasteiger partial charge in [-0.05, 0) is 42.7 Å². The first-order chi connectivity index (χ1) is 16.0. The molecular formula is C24H26N6O3. The van der Waals surface area contributed by atoms with Gasteiger partial charge in [-0.15, -0.1) is 0 Å². The molecule has 33 heavy (non-hydrogen) atoms. The minimum atomic E-state index is -0.276. The number of fused-ring (bicyclic) bond motifs is 1. The number of esters is 1. The molecule has 0 bridgehead atoms. The van der Waals surface area contributed by atoms with E-state index in [0.717, 1.165) is 27.8 Å². The summed E-state index contributed by atoms with van der Waals surface area (Å²) in [7, 11) is 0. The second-order valence-electron chi connectivity index (χ2n) is 8.01. The lowest BCUT2D eigenvalue weighted by Crippen LogP contribution is -2.33. The number of carbonyl (C=O) groups is 1. The lowest BCUT2D eigenvalue weighted by Gasteiger charge is -2.22. The summed E-state index contributed by atoms with van der Waals surface area (Å²) in [6.45, 7) is 5.88. The van der Waals surface area contributed by atoms with E-state index in [1.54, 1.807) is 17.1 Å². The molecule has 0 amide bonds. The Morgan fingerprint density at radius 1 is 1.33 bits per heavy atom. The first kappa shape index (κ1) is 22.6. The van der Waals surface area contributed by atoms with Crippen LogP contribution in [0.3, 0.4) is 0 Å². The third-order valence-electron chi connectivity index (χ3n) is 5.85. The maximum absolute atomic E-state index is 11.8. The third-order valence-corrected chi connectivity index (χ3v) is 5.85. The number of ether oxygens (including phenoxy) is 1. The molecule has 0 saturated heterocycles. The quantitative estimate of drug-likeness (QED) is 0.425. The van der Waals surface area contributed by atoms with Crippen molar-refractivity contribution in [1.29, 1.82) is 5.26 Å². The molecule has 1 aliphatic heterocycles. The van der Waals surface area contributed by atoms with E-state index in [1.165, 1.54) is 0 Å². The predicted molar refractivity (Wildman–Crippen MR) is 121 cm³/mol. The summed E-state index contributed by atoms with van der Waals surface area (Å²) in [6, 6.07) is 7.68. The van der Waals surface area contributed by atoms with E-state index in [9.17, 15) is 9.90 Å². The number of benzene rings is 1. The first-order valence-electron chi connectivity index (χ1n) is 10.8. The van der Waals surface area contributed by atoms with Crippen LogP contribution in [0, 0.1) is 25.2 Å². The number of cyclic esters (lactones) is 1. The molecule has 0 saturated carbocycles. The Bertz CT molecular complexity index is 1210. The van der Waals surface area contributed by atoms with Gasteiger partial charge in [-0.3, -0.25) is 0 Å². The average molecular weight is 447 g/mol. The van der Waals surface area contributed by atoms with Crippen molar-refractivity contribution in [2.45, 2.75) is 33.0 Å². The average Bonchev–Trinajstić information content (AvgIpc) is 3.44. The topological polar surface area (TPSA) is 125 Å². The Balaban J connectivity index is 1.43. The van der Waals surface area contributed by atoms with Crippen LogP contribution in [0.4, 0.5) is 0 Å². The molecule has 0 unspecified atom stereocenters. The van der Waals surface area contributed by atoms with Crippen LogP contribution >= 0.6 is 0 Å². The molecule has 4 rings (SSSR count). The second-order valence-corrected chi connectivity index (χ2v) is 8.01. The van der Waals surface area contributed by atoms with Crippen LogP contribution in [0.15, 0.2) is 36.8 Å². The van der Waals surface area contributed by atoms with Crippen LogP contribution in [0.1, 0.15) is 49.8 Å². The number of hydrogen-bond donors (Lipinski definition) is 3. The van der Waals surface area contributed by atoms with Gasteiger partial charge in [0.25, 0.3) is 0 Å². The second kappa shape index (κ2) is 9.92. The summed E-state index contributed by atoms with van der Waals surface area (Å²) < 4.78 is 6.86. The zero-order valence-corrected chi connectivity index (χ0v) is 18.6. The van der Waals surface area contributed by atoms with E-state index >= 15 is 0 Å². The van der Waals surface area contributed by atoms with Crippen molar-refractivity contribution in [3.63, 3.8) is 0 Å². The minimum absolute atomic E-state index is 0.0336. The minimum Gasteiger partial charge on any atom is -0.457 e. The van der Waals surface area contributed by atoms with Gasteiger partial charge in [0.1, 0.15) is 12.7 Å². The fraction of sp³-hybridized carbons (Fsp3) is 0.333. The van der Waals surface area contributed by atoms with Crippen LogP contribution < -0.4 is 10.6 Å². The molecule has 9 nitrogen and oxygen atoms in total. The van der Waals surface area contributed by atoms with Gasteiger partial charge in [0.15, 0.2) is 5.82 Å². The summed E-state index contributed by atoms with van der Waals surface area (Å²) in [5.74, 6) is 0.382. The molecule has 2 aromatic heterocycles. The molecule has 3 heterocycles. The summed E-state index contributed by atoms with van der Waals surface area (Å²) >= 11 is 0. The number of pyridine rings is 1. The molecule has 170 valence electrons. The summed E-state index contributed by atoms with van der Waals surface area (Å²) in [5, 5.41) is 29.6. The summed E-state index contributed by atoms with van der Waals surface area (Å²) in [6.07, 6.45) is 5.24. The smallest absolute Gasteiger partial charge is 0.338 e. The van der Waals surface area contributed by atoms with Crippen molar-refractivity contribution in [3.05, 3.63) is 75.7 Å². The van der Waals surface area contributed by atoms with Crippen LogP contribution in [0.5, 0.6) is 0 Å². The van der Waals surface area contributed by atoms with Crippen molar-refractivity contribution in [1.82, 2.24) is 25.4 Å². The Labute approximate surface area is 192 Å². The van der Waals surface area contributed by atoms with E-state index in [2.05, 4.69) is 26.8 Å². The monoisotopic (exact) mass is 446 g/mol. The number of aliphatic hydroxyl groups is 1. The zero-order valence-electron chi connectivity index (χ0n) is 18.6. The van der Waals surface area contributed by atoms with Gasteiger partial charge in [-0.2, -0.15) is 10.4 Å². The van der Waals surface area contributed by atoms with Crippen molar-refractivity contribution in [2.24, 2.45) is 0 Å². The number of aryl methyl sites for hydroxylation is 1. The molecule has 1 aliphatic rings. The maximum atomic E-state index is 11.8. The number of nitriles is 1. The highest BCUT2D eigenvalue weighted by Gasteiger charge is 2.26.